The first-order valence-corrected chi connectivity index (χ1v) is 10.4. The van der Waals surface area contributed by atoms with Crippen molar-refractivity contribution >= 4 is 34.4 Å². The van der Waals surface area contributed by atoms with E-state index in [-0.39, 0.29) is 17.5 Å². The van der Waals surface area contributed by atoms with Crippen molar-refractivity contribution in [3.63, 3.8) is 0 Å². The number of nitrogens with one attached hydrogen (secondary N) is 1. The zero-order valence-corrected chi connectivity index (χ0v) is 17.9. The van der Waals surface area contributed by atoms with Crippen molar-refractivity contribution in [1.29, 1.82) is 0 Å². The predicted octanol–water partition coefficient (Wildman–Crippen LogP) is 6.02. The van der Waals surface area contributed by atoms with E-state index in [0.717, 1.165) is 11.1 Å². The van der Waals surface area contributed by atoms with Gasteiger partial charge in [-0.3, -0.25) is 9.59 Å². The molecule has 0 saturated heterocycles. The van der Waals surface area contributed by atoms with Crippen LogP contribution in [0.15, 0.2) is 83.3 Å². The summed E-state index contributed by atoms with van der Waals surface area (Å²) in [6.45, 7) is 4.45. The Balaban J connectivity index is 1.63. The standard InChI is InChI=1S/C27H23NO4/c1-3-31-21-15-13-20(14-16-21)26(30)27-25(22-6-4-5-7-23(22)32-27)28-24(29)17-12-19-10-8-18(2)9-11-19/h4-17H,3H2,1-2H3,(H,28,29)/b17-12+. The largest absolute Gasteiger partial charge is 0.494 e. The number of amides is 1. The first-order valence-electron chi connectivity index (χ1n) is 10.4. The average molecular weight is 425 g/mol. The normalized spacial score (nSPS) is 11.1. The minimum atomic E-state index is -0.349. The smallest absolute Gasteiger partial charge is 0.248 e. The number of hydrogen-bond donors (Lipinski definition) is 1. The van der Waals surface area contributed by atoms with Crippen LogP contribution in [-0.2, 0) is 4.79 Å². The van der Waals surface area contributed by atoms with E-state index in [1.807, 2.05) is 56.3 Å². The summed E-state index contributed by atoms with van der Waals surface area (Å²) in [6.07, 6.45) is 3.17. The SMILES string of the molecule is CCOc1ccc(C(=O)c2oc3ccccc3c2NC(=O)/C=C/c2ccc(C)cc2)cc1. The Morgan fingerprint density at radius 2 is 1.69 bits per heavy atom. The van der Waals surface area contributed by atoms with Gasteiger partial charge in [-0.1, -0.05) is 42.0 Å². The van der Waals surface area contributed by atoms with Crippen molar-refractivity contribution in [3.05, 3.63) is 101 Å². The molecule has 1 aromatic heterocycles. The van der Waals surface area contributed by atoms with E-state index >= 15 is 0 Å². The van der Waals surface area contributed by atoms with Crippen LogP contribution in [0.2, 0.25) is 0 Å². The lowest BCUT2D eigenvalue weighted by Gasteiger charge is -2.06. The van der Waals surface area contributed by atoms with Crippen LogP contribution in [0.25, 0.3) is 17.0 Å². The summed E-state index contributed by atoms with van der Waals surface area (Å²) in [5.74, 6) is 0.107. The third-order valence-corrected chi connectivity index (χ3v) is 4.98. The minimum absolute atomic E-state index is 0.0902. The predicted molar refractivity (Wildman–Crippen MR) is 126 cm³/mol. The molecule has 0 aliphatic carbocycles. The van der Waals surface area contributed by atoms with E-state index in [1.54, 1.807) is 36.4 Å². The number of carbonyl (C=O) groups excluding carboxylic acids is 2. The summed E-state index contributed by atoms with van der Waals surface area (Å²) in [4.78, 5) is 25.8. The van der Waals surface area contributed by atoms with Crippen LogP contribution in [0.5, 0.6) is 5.75 Å². The Hall–Kier alpha value is -4.12. The Morgan fingerprint density at radius 1 is 0.969 bits per heavy atom. The second-order valence-corrected chi connectivity index (χ2v) is 7.32. The maximum Gasteiger partial charge on any atom is 0.248 e. The molecule has 0 saturated carbocycles. The van der Waals surface area contributed by atoms with Gasteiger partial charge in [-0.05, 0) is 61.9 Å². The lowest BCUT2D eigenvalue weighted by molar-refractivity contribution is -0.111. The summed E-state index contributed by atoms with van der Waals surface area (Å²) in [6, 6.07) is 21.9. The fraction of sp³-hybridized carbons (Fsp3) is 0.111. The second kappa shape index (κ2) is 9.35. The number of carbonyl (C=O) groups is 2. The quantitative estimate of drug-likeness (QED) is 0.290. The van der Waals surface area contributed by atoms with E-state index in [0.29, 0.717) is 34.6 Å². The molecule has 160 valence electrons. The highest BCUT2D eigenvalue weighted by molar-refractivity contribution is 6.18. The van der Waals surface area contributed by atoms with Crippen molar-refractivity contribution in [3.8, 4) is 5.75 Å². The third kappa shape index (κ3) is 4.62. The van der Waals surface area contributed by atoms with Crippen LogP contribution in [0.3, 0.4) is 0 Å². The van der Waals surface area contributed by atoms with E-state index in [1.165, 1.54) is 6.08 Å². The van der Waals surface area contributed by atoms with Crippen molar-refractivity contribution in [2.45, 2.75) is 13.8 Å². The molecule has 0 unspecified atom stereocenters. The van der Waals surface area contributed by atoms with Gasteiger partial charge in [-0.15, -0.1) is 0 Å². The first-order chi connectivity index (χ1) is 15.5. The van der Waals surface area contributed by atoms with Crippen LogP contribution in [-0.4, -0.2) is 18.3 Å². The number of ketones is 1. The lowest BCUT2D eigenvalue weighted by atomic mass is 10.1. The van der Waals surface area contributed by atoms with Crippen LogP contribution in [0.1, 0.15) is 34.2 Å². The molecular formula is C27H23NO4. The highest BCUT2D eigenvalue weighted by Gasteiger charge is 2.23. The minimum Gasteiger partial charge on any atom is -0.494 e. The van der Waals surface area contributed by atoms with Gasteiger partial charge < -0.3 is 14.5 Å². The van der Waals surface area contributed by atoms with Gasteiger partial charge in [0.1, 0.15) is 11.3 Å². The lowest BCUT2D eigenvalue weighted by Crippen LogP contribution is -2.11. The van der Waals surface area contributed by atoms with Crippen molar-refractivity contribution in [1.82, 2.24) is 0 Å². The molecule has 4 aromatic rings. The summed E-state index contributed by atoms with van der Waals surface area (Å²) < 4.78 is 11.3. The van der Waals surface area contributed by atoms with Gasteiger partial charge in [-0.2, -0.15) is 0 Å². The Labute approximate surface area is 186 Å². The number of para-hydroxylation sites is 1. The molecule has 0 atom stereocenters. The maximum atomic E-state index is 13.2. The average Bonchev–Trinajstić information content (AvgIpc) is 3.17. The molecule has 3 aromatic carbocycles. The summed E-state index contributed by atoms with van der Waals surface area (Å²) in [7, 11) is 0. The molecule has 5 nitrogen and oxygen atoms in total. The summed E-state index contributed by atoms with van der Waals surface area (Å²) >= 11 is 0. The molecule has 1 heterocycles. The third-order valence-electron chi connectivity index (χ3n) is 4.98. The number of furan rings is 1. The molecular weight excluding hydrogens is 402 g/mol. The molecule has 32 heavy (non-hydrogen) atoms. The number of hydrogen-bond acceptors (Lipinski definition) is 4. The topological polar surface area (TPSA) is 68.5 Å². The molecule has 0 fully saturated rings. The molecule has 1 N–H and O–H groups in total. The van der Waals surface area contributed by atoms with Crippen LogP contribution in [0.4, 0.5) is 5.69 Å². The maximum absolute atomic E-state index is 13.2. The number of benzene rings is 3. The van der Waals surface area contributed by atoms with Gasteiger partial charge in [0.25, 0.3) is 0 Å². The van der Waals surface area contributed by atoms with E-state index in [9.17, 15) is 9.59 Å². The molecule has 0 aliphatic heterocycles. The molecule has 5 heteroatoms. The first kappa shape index (κ1) is 21.1. The van der Waals surface area contributed by atoms with E-state index in [2.05, 4.69) is 5.32 Å². The van der Waals surface area contributed by atoms with Gasteiger partial charge in [0.05, 0.1) is 12.3 Å². The Morgan fingerprint density at radius 3 is 2.41 bits per heavy atom. The monoisotopic (exact) mass is 425 g/mol. The van der Waals surface area contributed by atoms with Crippen LogP contribution >= 0.6 is 0 Å². The number of aryl methyl sites for hydroxylation is 1. The number of fused-ring (bicyclic) bond motifs is 1. The van der Waals surface area contributed by atoms with Crippen LogP contribution in [0, 0.1) is 6.92 Å². The Bertz CT molecular complexity index is 1280. The fourth-order valence-corrected chi connectivity index (χ4v) is 3.34. The zero-order valence-electron chi connectivity index (χ0n) is 17.9. The van der Waals surface area contributed by atoms with E-state index < -0.39 is 0 Å². The molecule has 1 amide bonds. The van der Waals surface area contributed by atoms with Crippen molar-refractivity contribution in [2.75, 3.05) is 11.9 Å². The fourth-order valence-electron chi connectivity index (χ4n) is 3.34. The zero-order chi connectivity index (χ0) is 22.5. The number of ether oxygens (including phenoxy) is 1. The summed E-state index contributed by atoms with van der Waals surface area (Å²) in [5.41, 5.74) is 3.39. The van der Waals surface area contributed by atoms with Crippen molar-refractivity contribution < 1.29 is 18.7 Å². The van der Waals surface area contributed by atoms with Gasteiger partial charge in [-0.25, -0.2) is 0 Å². The van der Waals surface area contributed by atoms with Gasteiger partial charge in [0.15, 0.2) is 5.76 Å². The molecule has 4 rings (SSSR count). The van der Waals surface area contributed by atoms with Gasteiger partial charge in [0, 0.05) is 17.0 Å². The highest BCUT2D eigenvalue weighted by atomic mass is 16.5. The second-order valence-electron chi connectivity index (χ2n) is 7.32. The highest BCUT2D eigenvalue weighted by Crippen LogP contribution is 2.32. The van der Waals surface area contributed by atoms with Gasteiger partial charge >= 0.3 is 0 Å². The molecule has 0 spiro atoms. The Kier molecular flexibility index (Phi) is 6.17. The molecule has 0 radical (unpaired) electrons. The van der Waals surface area contributed by atoms with Crippen molar-refractivity contribution in [2.24, 2.45) is 0 Å². The molecule has 0 bridgehead atoms. The van der Waals surface area contributed by atoms with E-state index in [4.69, 9.17) is 9.15 Å². The molecule has 0 aliphatic rings. The number of anilines is 1. The number of rotatable bonds is 7. The van der Waals surface area contributed by atoms with Crippen LogP contribution < -0.4 is 10.1 Å². The summed E-state index contributed by atoms with van der Waals surface area (Å²) in [5, 5.41) is 3.50. The van der Waals surface area contributed by atoms with Gasteiger partial charge in [0.2, 0.25) is 11.7 Å².